The Morgan fingerprint density at radius 2 is 1.85 bits per heavy atom. The van der Waals surface area contributed by atoms with Crippen LogP contribution < -0.4 is 15.8 Å². The molecule has 1 saturated heterocycles. The molecule has 1 aliphatic heterocycles. The maximum atomic E-state index is 12.9. The molecule has 3 N–H and O–H groups in total. The van der Waals surface area contributed by atoms with Crippen LogP contribution in [0.25, 0.3) is 0 Å². The summed E-state index contributed by atoms with van der Waals surface area (Å²) in [5.41, 5.74) is 6.11. The summed E-state index contributed by atoms with van der Waals surface area (Å²) >= 11 is 0. The number of hydrogen-bond acceptors (Lipinski definition) is 4. The highest BCUT2D eigenvalue weighted by Gasteiger charge is 2.38. The lowest BCUT2D eigenvalue weighted by Gasteiger charge is -2.38. The molecular weight excluding hydrogens is 330 g/mol. The van der Waals surface area contributed by atoms with Gasteiger partial charge in [0.2, 0.25) is 11.8 Å². The fraction of sp³-hybridized carbons (Fsp3) is 0.600. The third-order valence-electron chi connectivity index (χ3n) is 5.72. The molecule has 2 amide bonds. The maximum absolute atomic E-state index is 12.9. The van der Waals surface area contributed by atoms with Crippen molar-refractivity contribution in [3.8, 4) is 5.75 Å². The van der Waals surface area contributed by atoms with Crippen molar-refractivity contribution in [2.45, 2.75) is 39.5 Å². The van der Waals surface area contributed by atoms with Gasteiger partial charge in [-0.05, 0) is 37.8 Å². The van der Waals surface area contributed by atoms with Crippen molar-refractivity contribution in [3.63, 3.8) is 0 Å². The van der Waals surface area contributed by atoms with Gasteiger partial charge in [-0.15, -0.1) is 0 Å². The first-order valence-corrected chi connectivity index (χ1v) is 9.44. The van der Waals surface area contributed by atoms with Crippen LogP contribution in [-0.4, -0.2) is 43.5 Å². The van der Waals surface area contributed by atoms with Crippen molar-refractivity contribution >= 4 is 17.5 Å². The lowest BCUT2D eigenvalue weighted by Crippen LogP contribution is -2.50. The summed E-state index contributed by atoms with van der Waals surface area (Å²) in [6.45, 7) is 5.60. The van der Waals surface area contributed by atoms with E-state index in [1.807, 2.05) is 43.0 Å². The van der Waals surface area contributed by atoms with Gasteiger partial charge in [0, 0.05) is 25.6 Å². The Kier molecular flexibility index (Phi) is 7.03. The van der Waals surface area contributed by atoms with E-state index in [-0.39, 0.29) is 17.7 Å². The Bertz CT molecular complexity index is 612. The first-order valence-electron chi connectivity index (χ1n) is 9.44. The molecule has 2 rings (SSSR count). The monoisotopic (exact) mass is 361 g/mol. The van der Waals surface area contributed by atoms with Gasteiger partial charge in [0.15, 0.2) is 0 Å². The average Bonchev–Trinajstić information content (AvgIpc) is 2.70. The molecule has 1 aromatic rings. The predicted octanol–water partition coefficient (Wildman–Crippen LogP) is 2.64. The van der Waals surface area contributed by atoms with Crippen LogP contribution in [0, 0.1) is 11.3 Å². The van der Waals surface area contributed by atoms with E-state index in [0.29, 0.717) is 43.9 Å². The number of carbonyl (C=O) groups excluding carboxylic acids is 2. The van der Waals surface area contributed by atoms with Gasteiger partial charge in [0.05, 0.1) is 18.2 Å². The number of carbonyl (C=O) groups is 2. The number of nitrogens with one attached hydrogen (secondary N) is 1. The fourth-order valence-corrected chi connectivity index (χ4v) is 3.59. The third-order valence-corrected chi connectivity index (χ3v) is 5.72. The number of rotatable bonds is 7. The van der Waals surface area contributed by atoms with Crippen molar-refractivity contribution in [3.05, 3.63) is 24.3 Å². The fourth-order valence-electron chi connectivity index (χ4n) is 3.59. The Balaban J connectivity index is 1.95. The summed E-state index contributed by atoms with van der Waals surface area (Å²) in [7, 11) is 1.58. The van der Waals surface area contributed by atoms with E-state index < -0.39 is 5.41 Å². The molecule has 0 aromatic heterocycles. The minimum absolute atomic E-state index is 0.0160. The first-order chi connectivity index (χ1) is 12.5. The summed E-state index contributed by atoms with van der Waals surface area (Å²) in [5.74, 6) is 0.665. The number of amides is 2. The molecule has 1 heterocycles. The Morgan fingerprint density at radius 3 is 2.38 bits per heavy atom. The third kappa shape index (κ3) is 4.18. The highest BCUT2D eigenvalue weighted by atomic mass is 16.5. The second kappa shape index (κ2) is 9.03. The van der Waals surface area contributed by atoms with Crippen LogP contribution in [0.4, 0.5) is 5.69 Å². The van der Waals surface area contributed by atoms with Crippen LogP contribution in [0.3, 0.4) is 0 Å². The molecular formula is C20H31N3O3. The van der Waals surface area contributed by atoms with Crippen molar-refractivity contribution < 1.29 is 14.3 Å². The Morgan fingerprint density at radius 1 is 1.23 bits per heavy atom. The minimum Gasteiger partial charge on any atom is -0.495 e. The molecule has 0 aliphatic carbocycles. The smallest absolute Gasteiger partial charge is 0.230 e. The average molecular weight is 361 g/mol. The molecule has 1 aromatic carbocycles. The Hall–Kier alpha value is -2.08. The van der Waals surface area contributed by atoms with Gasteiger partial charge in [-0.25, -0.2) is 0 Å². The summed E-state index contributed by atoms with van der Waals surface area (Å²) in [4.78, 5) is 27.4. The van der Waals surface area contributed by atoms with Gasteiger partial charge in [-0.1, -0.05) is 26.0 Å². The summed E-state index contributed by atoms with van der Waals surface area (Å²) in [5, 5.41) is 2.95. The van der Waals surface area contributed by atoms with Crippen LogP contribution in [0.2, 0.25) is 0 Å². The maximum Gasteiger partial charge on any atom is 0.230 e. The van der Waals surface area contributed by atoms with Gasteiger partial charge in [0.1, 0.15) is 5.75 Å². The molecule has 0 atom stereocenters. The Labute approximate surface area is 156 Å². The SMILES string of the molecule is CCC(CC)(CN)C(=O)N1CCC(C(=O)Nc2ccccc2OC)CC1. The molecule has 0 saturated carbocycles. The molecule has 0 spiro atoms. The summed E-state index contributed by atoms with van der Waals surface area (Å²) in [6, 6.07) is 7.37. The van der Waals surface area contributed by atoms with Gasteiger partial charge in [-0.2, -0.15) is 0 Å². The zero-order valence-electron chi connectivity index (χ0n) is 16.1. The number of hydrogen-bond donors (Lipinski definition) is 2. The highest BCUT2D eigenvalue weighted by molar-refractivity contribution is 5.94. The van der Waals surface area contributed by atoms with E-state index in [1.54, 1.807) is 7.11 Å². The van der Waals surface area contributed by atoms with E-state index in [2.05, 4.69) is 5.32 Å². The van der Waals surface area contributed by atoms with Crippen molar-refractivity contribution in [1.29, 1.82) is 0 Å². The molecule has 0 radical (unpaired) electrons. The van der Waals surface area contributed by atoms with Gasteiger partial charge >= 0.3 is 0 Å². The zero-order valence-corrected chi connectivity index (χ0v) is 16.1. The zero-order chi connectivity index (χ0) is 19.2. The molecule has 144 valence electrons. The number of nitrogens with two attached hydrogens (primary N) is 1. The predicted molar refractivity (Wildman–Crippen MR) is 103 cm³/mol. The number of likely N-dealkylation sites (tertiary alicyclic amines) is 1. The van der Waals surface area contributed by atoms with Gasteiger partial charge in [0.25, 0.3) is 0 Å². The van der Waals surface area contributed by atoms with E-state index in [1.165, 1.54) is 0 Å². The lowest BCUT2D eigenvalue weighted by molar-refractivity contribution is -0.144. The molecule has 6 nitrogen and oxygen atoms in total. The quantitative estimate of drug-likeness (QED) is 0.782. The number of benzene rings is 1. The van der Waals surface area contributed by atoms with E-state index >= 15 is 0 Å². The second-order valence-corrected chi connectivity index (χ2v) is 6.95. The molecule has 1 aliphatic rings. The van der Waals surface area contributed by atoms with E-state index in [4.69, 9.17) is 10.5 Å². The lowest BCUT2D eigenvalue weighted by atomic mass is 9.80. The number of methoxy groups -OCH3 is 1. The summed E-state index contributed by atoms with van der Waals surface area (Å²) in [6.07, 6.45) is 2.82. The molecule has 1 fully saturated rings. The molecule has 0 unspecified atom stereocenters. The molecule has 0 bridgehead atoms. The van der Waals surface area contributed by atoms with Crippen LogP contribution in [-0.2, 0) is 9.59 Å². The summed E-state index contributed by atoms with van der Waals surface area (Å²) < 4.78 is 5.28. The van der Waals surface area contributed by atoms with Gasteiger partial charge in [-0.3, -0.25) is 9.59 Å². The van der Waals surface area contributed by atoms with E-state index in [0.717, 1.165) is 12.8 Å². The molecule has 26 heavy (non-hydrogen) atoms. The van der Waals surface area contributed by atoms with Crippen LogP contribution in [0.5, 0.6) is 5.75 Å². The molecule has 6 heteroatoms. The van der Waals surface area contributed by atoms with Crippen LogP contribution >= 0.6 is 0 Å². The largest absolute Gasteiger partial charge is 0.495 e. The number of ether oxygens (including phenoxy) is 1. The van der Waals surface area contributed by atoms with Crippen molar-refractivity contribution in [2.24, 2.45) is 17.1 Å². The van der Waals surface area contributed by atoms with Gasteiger partial charge < -0.3 is 20.7 Å². The standard InChI is InChI=1S/C20H31N3O3/c1-4-20(5-2,14-21)19(25)23-12-10-15(11-13-23)18(24)22-16-8-6-7-9-17(16)26-3/h6-9,15H,4-5,10-14,21H2,1-3H3,(H,22,24). The second-order valence-electron chi connectivity index (χ2n) is 6.95. The minimum atomic E-state index is -0.466. The van der Waals surface area contributed by atoms with E-state index in [9.17, 15) is 9.59 Å². The van der Waals surface area contributed by atoms with Crippen LogP contribution in [0.15, 0.2) is 24.3 Å². The number of piperidine rings is 1. The topological polar surface area (TPSA) is 84.7 Å². The number of anilines is 1. The van der Waals surface area contributed by atoms with Crippen molar-refractivity contribution in [2.75, 3.05) is 32.1 Å². The normalized spacial score (nSPS) is 15.6. The van der Waals surface area contributed by atoms with Crippen LogP contribution in [0.1, 0.15) is 39.5 Å². The number of nitrogens with zero attached hydrogens (tertiary/aromatic N) is 1. The highest BCUT2D eigenvalue weighted by Crippen LogP contribution is 2.31. The first kappa shape index (κ1) is 20.2. The number of para-hydroxylation sites is 2. The van der Waals surface area contributed by atoms with Crippen molar-refractivity contribution in [1.82, 2.24) is 4.90 Å².